The fourth-order valence-corrected chi connectivity index (χ4v) is 4.00. The minimum Gasteiger partial charge on any atom is -0.372 e. The van der Waals surface area contributed by atoms with Gasteiger partial charge in [-0.05, 0) is 49.7 Å². The van der Waals surface area contributed by atoms with Crippen molar-refractivity contribution >= 4 is 52.8 Å². The van der Waals surface area contributed by atoms with Gasteiger partial charge in [-0.25, -0.2) is 10.1 Å². The number of carbonyl (C=O) groups is 1. The first-order chi connectivity index (χ1) is 17.1. The summed E-state index contributed by atoms with van der Waals surface area (Å²) in [5.41, 5.74) is 3.60. The monoisotopic (exact) mass is 540 g/mol. The van der Waals surface area contributed by atoms with E-state index >= 15 is 0 Å². The molecule has 14 heteroatoms. The number of hydrazone groups is 1. The molecule has 2 aromatic carbocycles. The Morgan fingerprint density at radius 3 is 2.53 bits per heavy atom. The number of benzene rings is 2. The summed E-state index contributed by atoms with van der Waals surface area (Å²) in [6.07, 6.45) is -3.04. The fourth-order valence-electron chi connectivity index (χ4n) is 3.12. The number of hydrogen-bond donors (Lipinski definition) is 3. The number of aromatic nitrogens is 3. The molecule has 3 aromatic rings. The van der Waals surface area contributed by atoms with E-state index in [1.54, 1.807) is 6.21 Å². The molecule has 0 saturated carbocycles. The lowest BCUT2D eigenvalue weighted by Gasteiger charge is -2.20. The summed E-state index contributed by atoms with van der Waals surface area (Å²) in [5, 5.41) is 14.0. The maximum atomic E-state index is 13.0. The van der Waals surface area contributed by atoms with Crippen LogP contribution in [-0.4, -0.2) is 45.8 Å². The number of rotatable bonds is 10. The average molecular weight is 541 g/mol. The van der Waals surface area contributed by atoms with E-state index in [1.165, 1.54) is 6.07 Å². The molecule has 1 heterocycles. The molecule has 9 nitrogen and oxygen atoms in total. The van der Waals surface area contributed by atoms with E-state index < -0.39 is 22.7 Å². The SMILES string of the molecule is CCN(CC)c1ccc(/C=N/Nc2nnc(SCC(=O)Nc3ccc(Cl)c(C(F)(F)F)c3)n2N)cc1. The van der Waals surface area contributed by atoms with E-state index in [4.69, 9.17) is 17.4 Å². The molecule has 192 valence electrons. The van der Waals surface area contributed by atoms with Gasteiger partial charge in [-0.3, -0.25) is 4.79 Å². The van der Waals surface area contributed by atoms with Crippen LogP contribution in [-0.2, 0) is 11.0 Å². The molecule has 0 aliphatic carbocycles. The number of amides is 1. The molecule has 1 aromatic heterocycles. The van der Waals surface area contributed by atoms with Crippen LogP contribution < -0.4 is 21.5 Å². The number of nitrogens with two attached hydrogens (primary N) is 1. The van der Waals surface area contributed by atoms with Crippen molar-refractivity contribution in [3.63, 3.8) is 0 Å². The van der Waals surface area contributed by atoms with Gasteiger partial charge in [0.2, 0.25) is 11.1 Å². The van der Waals surface area contributed by atoms with Crippen LogP contribution in [0, 0.1) is 0 Å². The molecule has 3 rings (SSSR count). The van der Waals surface area contributed by atoms with E-state index in [2.05, 4.69) is 44.8 Å². The second kappa shape index (κ2) is 12.0. The molecule has 36 heavy (non-hydrogen) atoms. The number of anilines is 3. The average Bonchev–Trinajstić information content (AvgIpc) is 3.19. The maximum absolute atomic E-state index is 13.0. The molecule has 4 N–H and O–H groups in total. The predicted octanol–water partition coefficient (Wildman–Crippen LogP) is 4.69. The van der Waals surface area contributed by atoms with Crippen molar-refractivity contribution in [1.82, 2.24) is 14.9 Å². The molecule has 0 radical (unpaired) electrons. The van der Waals surface area contributed by atoms with Crippen molar-refractivity contribution in [2.24, 2.45) is 5.10 Å². The van der Waals surface area contributed by atoms with Crippen LogP contribution in [0.1, 0.15) is 25.0 Å². The Morgan fingerprint density at radius 2 is 1.89 bits per heavy atom. The Hall–Kier alpha value is -3.45. The van der Waals surface area contributed by atoms with Crippen LogP contribution in [0.2, 0.25) is 5.02 Å². The molecule has 1 amide bonds. The summed E-state index contributed by atoms with van der Waals surface area (Å²) in [6, 6.07) is 11.0. The molecule has 0 atom stereocenters. The number of nitrogens with zero attached hydrogens (tertiary/aromatic N) is 5. The van der Waals surface area contributed by atoms with Gasteiger partial charge < -0.3 is 16.1 Å². The number of nitrogen functional groups attached to an aromatic ring is 1. The quantitative estimate of drug-likeness (QED) is 0.148. The van der Waals surface area contributed by atoms with Crippen LogP contribution in [0.4, 0.5) is 30.5 Å². The Kier molecular flexibility index (Phi) is 9.04. The highest BCUT2D eigenvalue weighted by molar-refractivity contribution is 7.99. The van der Waals surface area contributed by atoms with Gasteiger partial charge >= 0.3 is 6.18 Å². The first kappa shape index (κ1) is 27.1. The van der Waals surface area contributed by atoms with Crippen LogP contribution in [0.15, 0.2) is 52.7 Å². The van der Waals surface area contributed by atoms with Gasteiger partial charge in [0, 0.05) is 24.5 Å². The van der Waals surface area contributed by atoms with Gasteiger partial charge in [-0.2, -0.15) is 18.3 Å². The standard InChI is InChI=1S/C22H24ClF3N8OS/c1-3-33(4-2)16-8-5-14(6-9-16)12-28-30-20-31-32-21(34(20)27)36-13-19(35)29-15-7-10-18(23)17(11-15)22(24,25)26/h5-12H,3-4,13,27H2,1-2H3,(H,29,35)(H,30,31)/b28-12+. The van der Waals surface area contributed by atoms with Crippen molar-refractivity contribution in [2.45, 2.75) is 25.2 Å². The van der Waals surface area contributed by atoms with E-state index in [-0.39, 0.29) is 22.5 Å². The van der Waals surface area contributed by atoms with E-state index in [0.717, 1.165) is 52.9 Å². The summed E-state index contributed by atoms with van der Waals surface area (Å²) in [4.78, 5) is 14.4. The Balaban J connectivity index is 1.54. The van der Waals surface area contributed by atoms with E-state index in [9.17, 15) is 18.0 Å². The molecule has 0 saturated heterocycles. The van der Waals surface area contributed by atoms with Gasteiger partial charge in [-0.1, -0.05) is 35.5 Å². The zero-order valence-corrected chi connectivity index (χ0v) is 21.0. The van der Waals surface area contributed by atoms with Crippen LogP contribution in [0.5, 0.6) is 0 Å². The molecule has 0 fully saturated rings. The highest BCUT2D eigenvalue weighted by Gasteiger charge is 2.33. The fraction of sp³-hybridized carbons (Fsp3) is 0.273. The Morgan fingerprint density at radius 1 is 1.19 bits per heavy atom. The first-order valence-electron chi connectivity index (χ1n) is 10.8. The molecule has 0 spiro atoms. The van der Waals surface area contributed by atoms with Gasteiger partial charge in [0.15, 0.2) is 0 Å². The summed E-state index contributed by atoms with van der Waals surface area (Å²) in [7, 11) is 0. The first-order valence-corrected chi connectivity index (χ1v) is 12.1. The van der Waals surface area contributed by atoms with E-state index in [1.807, 2.05) is 24.3 Å². The lowest BCUT2D eigenvalue weighted by molar-refractivity contribution is -0.137. The van der Waals surface area contributed by atoms with Gasteiger partial charge in [0.05, 0.1) is 22.6 Å². The van der Waals surface area contributed by atoms with Crippen molar-refractivity contribution in [3.8, 4) is 0 Å². The summed E-state index contributed by atoms with van der Waals surface area (Å²) < 4.78 is 40.1. The summed E-state index contributed by atoms with van der Waals surface area (Å²) in [5.74, 6) is 5.37. The number of nitrogens with one attached hydrogen (secondary N) is 2. The molecule has 0 aliphatic rings. The second-order valence-electron chi connectivity index (χ2n) is 7.34. The number of alkyl halides is 3. The minimum atomic E-state index is -4.64. The summed E-state index contributed by atoms with van der Waals surface area (Å²) in [6.45, 7) is 6.02. The predicted molar refractivity (Wildman–Crippen MR) is 137 cm³/mol. The molecule has 0 unspecified atom stereocenters. The topological polar surface area (TPSA) is 113 Å². The number of carbonyl (C=O) groups excluding carboxylic acids is 1. The van der Waals surface area contributed by atoms with Crippen molar-refractivity contribution < 1.29 is 18.0 Å². The highest BCUT2D eigenvalue weighted by atomic mass is 35.5. The van der Waals surface area contributed by atoms with Gasteiger partial charge in [-0.15, -0.1) is 10.2 Å². The molecule has 0 bridgehead atoms. The second-order valence-corrected chi connectivity index (χ2v) is 8.69. The largest absolute Gasteiger partial charge is 0.417 e. The van der Waals surface area contributed by atoms with Crippen LogP contribution in [0.25, 0.3) is 0 Å². The minimum absolute atomic E-state index is 0.0339. The lowest BCUT2D eigenvalue weighted by Crippen LogP contribution is -2.21. The van der Waals surface area contributed by atoms with Crippen molar-refractivity contribution in [1.29, 1.82) is 0 Å². The number of halogens is 4. The lowest BCUT2D eigenvalue weighted by atomic mass is 10.2. The third-order valence-corrected chi connectivity index (χ3v) is 6.22. The smallest absolute Gasteiger partial charge is 0.372 e. The molecular weight excluding hydrogens is 517 g/mol. The molecular formula is C22H24ClF3N8OS. The van der Waals surface area contributed by atoms with Gasteiger partial charge in [0.25, 0.3) is 5.95 Å². The molecule has 0 aliphatic heterocycles. The van der Waals surface area contributed by atoms with E-state index in [0.29, 0.717) is 0 Å². The van der Waals surface area contributed by atoms with Crippen LogP contribution >= 0.6 is 23.4 Å². The maximum Gasteiger partial charge on any atom is 0.417 e. The van der Waals surface area contributed by atoms with Crippen molar-refractivity contribution in [2.75, 3.05) is 40.3 Å². The normalized spacial score (nSPS) is 11.6. The number of hydrogen-bond acceptors (Lipinski definition) is 8. The highest BCUT2D eigenvalue weighted by Crippen LogP contribution is 2.36. The third-order valence-electron chi connectivity index (χ3n) is 4.95. The van der Waals surface area contributed by atoms with Gasteiger partial charge in [0.1, 0.15) is 0 Å². The number of thioether (sulfide) groups is 1. The zero-order chi connectivity index (χ0) is 26.3. The van der Waals surface area contributed by atoms with Crippen molar-refractivity contribution in [3.05, 3.63) is 58.6 Å². The van der Waals surface area contributed by atoms with Crippen LogP contribution in [0.3, 0.4) is 0 Å². The Bertz CT molecular complexity index is 1210. The Labute approximate surface area is 214 Å². The third kappa shape index (κ3) is 7.04. The summed E-state index contributed by atoms with van der Waals surface area (Å²) >= 11 is 6.55. The zero-order valence-electron chi connectivity index (χ0n) is 19.4.